The number of hydrogen-bond donors (Lipinski definition) is 1. The molecule has 1 atom stereocenters. The van der Waals surface area contributed by atoms with E-state index in [0.717, 1.165) is 37.1 Å². The van der Waals surface area contributed by atoms with Gasteiger partial charge in [0.1, 0.15) is 11.4 Å². The van der Waals surface area contributed by atoms with Crippen molar-refractivity contribution < 1.29 is 9.53 Å². The molecule has 1 aromatic carbocycles. The third kappa shape index (κ3) is 4.76. The van der Waals surface area contributed by atoms with Gasteiger partial charge in [0.2, 0.25) is 5.95 Å². The zero-order chi connectivity index (χ0) is 19.1. The van der Waals surface area contributed by atoms with Crippen LogP contribution in [0.3, 0.4) is 0 Å². The minimum Gasteiger partial charge on any atom is -0.496 e. The monoisotopic (exact) mass is 368 g/mol. The molecule has 1 aromatic heterocycles. The molecule has 6 nitrogen and oxygen atoms in total. The van der Waals surface area contributed by atoms with E-state index in [2.05, 4.69) is 27.1 Å². The average molecular weight is 368 g/mol. The summed E-state index contributed by atoms with van der Waals surface area (Å²) in [5.74, 6) is 1.34. The predicted octanol–water partition coefficient (Wildman–Crippen LogP) is 3.23. The number of nitrogens with zero attached hydrogens (tertiary/aromatic N) is 3. The van der Waals surface area contributed by atoms with Gasteiger partial charge in [-0.25, -0.2) is 9.97 Å². The molecule has 2 aromatic rings. The van der Waals surface area contributed by atoms with Crippen LogP contribution in [0.1, 0.15) is 48.7 Å². The number of rotatable bonds is 7. The van der Waals surface area contributed by atoms with Crippen LogP contribution in [-0.2, 0) is 6.42 Å². The van der Waals surface area contributed by atoms with E-state index in [1.807, 2.05) is 24.3 Å². The van der Waals surface area contributed by atoms with Gasteiger partial charge in [0.05, 0.1) is 7.11 Å². The molecule has 1 saturated heterocycles. The fourth-order valence-electron chi connectivity index (χ4n) is 3.61. The summed E-state index contributed by atoms with van der Waals surface area (Å²) in [4.78, 5) is 23.7. The number of aromatic nitrogens is 2. The van der Waals surface area contributed by atoms with Crippen molar-refractivity contribution in [2.75, 3.05) is 25.1 Å². The van der Waals surface area contributed by atoms with E-state index in [1.54, 1.807) is 19.4 Å². The second kappa shape index (κ2) is 9.35. The zero-order valence-electron chi connectivity index (χ0n) is 16.1. The van der Waals surface area contributed by atoms with Crippen molar-refractivity contribution in [1.82, 2.24) is 15.3 Å². The van der Waals surface area contributed by atoms with Crippen molar-refractivity contribution in [1.29, 1.82) is 0 Å². The minimum absolute atomic E-state index is 0.168. The highest BCUT2D eigenvalue weighted by molar-refractivity contribution is 5.92. The van der Waals surface area contributed by atoms with Gasteiger partial charge in [0.25, 0.3) is 5.91 Å². The molecule has 1 N–H and O–H groups in total. The van der Waals surface area contributed by atoms with E-state index in [9.17, 15) is 4.79 Å². The lowest BCUT2D eigenvalue weighted by Crippen LogP contribution is -2.40. The molecule has 6 heteroatoms. The minimum atomic E-state index is -0.168. The molecule has 1 fully saturated rings. The van der Waals surface area contributed by atoms with E-state index in [0.29, 0.717) is 30.6 Å². The number of anilines is 1. The molecule has 0 saturated carbocycles. The molecule has 0 bridgehead atoms. The van der Waals surface area contributed by atoms with Crippen molar-refractivity contribution in [3.05, 3.63) is 47.8 Å². The summed E-state index contributed by atoms with van der Waals surface area (Å²) in [6.45, 7) is 3.68. The Kier molecular flexibility index (Phi) is 6.63. The fraction of sp³-hybridized carbons (Fsp3) is 0.476. The maximum Gasteiger partial charge on any atom is 0.270 e. The molecule has 144 valence electrons. The van der Waals surface area contributed by atoms with E-state index >= 15 is 0 Å². The lowest BCUT2D eigenvalue weighted by molar-refractivity contribution is 0.0949. The standard InChI is InChI=1S/C21H28N4O2/c1-3-17-9-6-7-15-25(17)21-23-14-12-18(24-21)20(26)22-13-11-16-8-4-5-10-19(16)27-2/h4-5,8,10,12,14,17H,3,6-7,9,11,13,15H2,1-2H3,(H,22,26). The first kappa shape index (κ1) is 19.1. The summed E-state index contributed by atoms with van der Waals surface area (Å²) in [5.41, 5.74) is 1.49. The fourth-order valence-corrected chi connectivity index (χ4v) is 3.61. The maximum atomic E-state index is 12.5. The molecule has 0 spiro atoms. The van der Waals surface area contributed by atoms with Crippen LogP contribution in [0.15, 0.2) is 36.5 Å². The van der Waals surface area contributed by atoms with Crippen molar-refractivity contribution in [2.24, 2.45) is 0 Å². The second-order valence-electron chi connectivity index (χ2n) is 6.81. The Balaban J connectivity index is 1.62. The van der Waals surface area contributed by atoms with E-state index in [1.165, 1.54) is 6.42 Å². The first-order valence-corrected chi connectivity index (χ1v) is 9.72. The van der Waals surface area contributed by atoms with Gasteiger partial charge in [0, 0.05) is 25.3 Å². The van der Waals surface area contributed by atoms with Gasteiger partial charge < -0.3 is 15.0 Å². The number of amides is 1. The van der Waals surface area contributed by atoms with Crippen LogP contribution in [0.4, 0.5) is 5.95 Å². The SMILES string of the molecule is CCC1CCCCN1c1nccc(C(=O)NCCc2ccccc2OC)n1. The highest BCUT2D eigenvalue weighted by Crippen LogP contribution is 2.23. The van der Waals surface area contributed by atoms with Gasteiger partial charge in [-0.1, -0.05) is 25.1 Å². The van der Waals surface area contributed by atoms with E-state index in [4.69, 9.17) is 4.74 Å². The van der Waals surface area contributed by atoms with Crippen LogP contribution in [0.5, 0.6) is 5.75 Å². The average Bonchev–Trinajstić information content (AvgIpc) is 2.74. The van der Waals surface area contributed by atoms with Gasteiger partial charge in [-0.3, -0.25) is 4.79 Å². The Morgan fingerprint density at radius 2 is 2.15 bits per heavy atom. The summed E-state index contributed by atoms with van der Waals surface area (Å²) in [6, 6.07) is 9.98. The number of carbonyl (C=O) groups is 1. The lowest BCUT2D eigenvalue weighted by Gasteiger charge is -2.35. The normalized spacial score (nSPS) is 16.8. The first-order valence-electron chi connectivity index (χ1n) is 9.72. The van der Waals surface area contributed by atoms with Crippen molar-refractivity contribution in [3.8, 4) is 5.75 Å². The Labute approximate surface area is 161 Å². The molecule has 1 aliphatic heterocycles. The van der Waals surface area contributed by atoms with Gasteiger partial charge in [-0.15, -0.1) is 0 Å². The summed E-state index contributed by atoms with van der Waals surface area (Å²) >= 11 is 0. The molecular weight excluding hydrogens is 340 g/mol. The molecule has 1 aliphatic rings. The van der Waals surface area contributed by atoms with Gasteiger partial charge in [-0.05, 0) is 49.8 Å². The van der Waals surface area contributed by atoms with Crippen LogP contribution >= 0.6 is 0 Å². The third-order valence-corrected chi connectivity index (χ3v) is 5.10. The van der Waals surface area contributed by atoms with Crippen LogP contribution in [0.25, 0.3) is 0 Å². The predicted molar refractivity (Wildman–Crippen MR) is 106 cm³/mol. The number of benzene rings is 1. The Hall–Kier alpha value is -2.63. The maximum absolute atomic E-state index is 12.5. The number of methoxy groups -OCH3 is 1. The first-order chi connectivity index (χ1) is 13.2. The number of nitrogens with one attached hydrogen (secondary N) is 1. The van der Waals surface area contributed by atoms with Crippen LogP contribution in [0, 0.1) is 0 Å². The summed E-state index contributed by atoms with van der Waals surface area (Å²) in [6.07, 6.45) is 7.01. The summed E-state index contributed by atoms with van der Waals surface area (Å²) in [7, 11) is 1.66. The topological polar surface area (TPSA) is 67.4 Å². The number of para-hydroxylation sites is 1. The van der Waals surface area contributed by atoms with Gasteiger partial charge >= 0.3 is 0 Å². The molecule has 0 aliphatic carbocycles. The highest BCUT2D eigenvalue weighted by atomic mass is 16.5. The Morgan fingerprint density at radius 1 is 1.30 bits per heavy atom. The summed E-state index contributed by atoms with van der Waals surface area (Å²) < 4.78 is 5.35. The van der Waals surface area contributed by atoms with Gasteiger partial charge in [-0.2, -0.15) is 0 Å². The molecule has 3 rings (SSSR count). The lowest BCUT2D eigenvalue weighted by atomic mass is 10.0. The Morgan fingerprint density at radius 3 is 2.96 bits per heavy atom. The van der Waals surface area contributed by atoms with Gasteiger partial charge in [0.15, 0.2) is 0 Å². The Bertz CT molecular complexity index is 765. The van der Waals surface area contributed by atoms with Crippen LogP contribution < -0.4 is 15.0 Å². The van der Waals surface area contributed by atoms with Crippen LogP contribution in [0.2, 0.25) is 0 Å². The number of hydrogen-bond acceptors (Lipinski definition) is 5. The van der Waals surface area contributed by atoms with Crippen molar-refractivity contribution in [3.63, 3.8) is 0 Å². The molecule has 27 heavy (non-hydrogen) atoms. The largest absolute Gasteiger partial charge is 0.496 e. The highest BCUT2D eigenvalue weighted by Gasteiger charge is 2.23. The molecule has 2 heterocycles. The quantitative estimate of drug-likeness (QED) is 0.813. The van der Waals surface area contributed by atoms with Crippen molar-refractivity contribution >= 4 is 11.9 Å². The third-order valence-electron chi connectivity index (χ3n) is 5.10. The number of piperidine rings is 1. The number of carbonyl (C=O) groups excluding carboxylic acids is 1. The zero-order valence-corrected chi connectivity index (χ0v) is 16.1. The number of ether oxygens (including phenoxy) is 1. The van der Waals surface area contributed by atoms with E-state index < -0.39 is 0 Å². The summed E-state index contributed by atoms with van der Waals surface area (Å²) in [5, 5.41) is 2.95. The van der Waals surface area contributed by atoms with Crippen LogP contribution in [-0.4, -0.2) is 42.1 Å². The molecular formula is C21H28N4O2. The molecule has 1 unspecified atom stereocenters. The molecule has 1 amide bonds. The smallest absolute Gasteiger partial charge is 0.270 e. The van der Waals surface area contributed by atoms with E-state index in [-0.39, 0.29) is 5.91 Å². The molecule has 0 radical (unpaired) electrons. The second-order valence-corrected chi connectivity index (χ2v) is 6.81. The van der Waals surface area contributed by atoms with Crippen molar-refractivity contribution in [2.45, 2.75) is 45.1 Å².